The van der Waals surface area contributed by atoms with E-state index in [1.807, 2.05) is 13.8 Å². The van der Waals surface area contributed by atoms with Crippen molar-refractivity contribution in [3.8, 4) is 22.8 Å². The zero-order valence-electron chi connectivity index (χ0n) is 19.1. The molecular formula is C28H27N2O+. The van der Waals surface area contributed by atoms with Gasteiger partial charge in [-0.05, 0) is 66.6 Å². The van der Waals surface area contributed by atoms with Gasteiger partial charge in [0.2, 0.25) is 11.3 Å². The van der Waals surface area contributed by atoms with E-state index < -0.39 is 5.54 Å². The van der Waals surface area contributed by atoms with Crippen LogP contribution in [0.25, 0.3) is 37.6 Å². The van der Waals surface area contributed by atoms with E-state index in [1.165, 1.54) is 33.0 Å². The maximum absolute atomic E-state index is 7.50. The predicted octanol–water partition coefficient (Wildman–Crippen LogP) is 6.76. The Bertz CT molecular complexity index is 1450. The topological polar surface area (TPSA) is 17.5 Å². The second-order valence-corrected chi connectivity index (χ2v) is 9.60. The van der Waals surface area contributed by atoms with Gasteiger partial charge in [0.25, 0.3) is 5.69 Å². The van der Waals surface area contributed by atoms with Crippen molar-refractivity contribution >= 4 is 21.5 Å². The van der Waals surface area contributed by atoms with Gasteiger partial charge in [-0.25, -0.2) is 6.57 Å². The molecule has 0 N–H and O–H groups in total. The summed E-state index contributed by atoms with van der Waals surface area (Å²) in [5, 5.41) is 4.67. The molecule has 154 valence electrons. The Hall–Kier alpha value is -3.38. The summed E-state index contributed by atoms with van der Waals surface area (Å²) < 4.78 is 8.85. The van der Waals surface area contributed by atoms with E-state index >= 15 is 0 Å². The van der Waals surface area contributed by atoms with E-state index in [4.69, 9.17) is 11.3 Å². The van der Waals surface area contributed by atoms with Gasteiger partial charge in [0, 0.05) is 30.0 Å². The minimum absolute atomic E-state index is 0.420. The third kappa shape index (κ3) is 2.98. The molecule has 0 saturated carbocycles. The smallest absolute Gasteiger partial charge is 0.257 e. The zero-order valence-corrected chi connectivity index (χ0v) is 19.1. The standard InChI is InChI=1S/C28H27N2O/c1-16-10-21-12-17(2)18(3)24-25(21)23(11-16)31-27-22-13-19(14-28(4,5)29-6)8-9-20(22)15-30(7)26(24)27/h8-13,15H,14H2,1-5,7H3/q+1. The van der Waals surface area contributed by atoms with Crippen LogP contribution in [-0.4, -0.2) is 5.54 Å². The van der Waals surface area contributed by atoms with Gasteiger partial charge in [-0.3, -0.25) is 0 Å². The van der Waals surface area contributed by atoms with Gasteiger partial charge in [-0.1, -0.05) is 18.2 Å². The van der Waals surface area contributed by atoms with E-state index in [0.717, 1.165) is 33.5 Å². The first-order chi connectivity index (χ1) is 14.7. The Morgan fingerprint density at radius 2 is 1.81 bits per heavy atom. The number of benzene rings is 3. The second-order valence-electron chi connectivity index (χ2n) is 9.60. The molecule has 0 saturated heterocycles. The Morgan fingerprint density at radius 3 is 2.55 bits per heavy atom. The molecule has 3 heteroatoms. The highest BCUT2D eigenvalue weighted by Crippen LogP contribution is 2.49. The summed E-state index contributed by atoms with van der Waals surface area (Å²) >= 11 is 0. The number of hydrogen-bond donors (Lipinski definition) is 0. The monoisotopic (exact) mass is 407 g/mol. The summed E-state index contributed by atoms with van der Waals surface area (Å²) in [6, 6.07) is 13.2. The number of hydrogen-bond acceptors (Lipinski definition) is 1. The maximum atomic E-state index is 7.50. The highest BCUT2D eigenvalue weighted by molar-refractivity contribution is 6.07. The van der Waals surface area contributed by atoms with Crippen molar-refractivity contribution in [3.63, 3.8) is 0 Å². The first kappa shape index (κ1) is 19.6. The molecule has 0 radical (unpaired) electrons. The number of aryl methyl sites for hydroxylation is 3. The zero-order chi connectivity index (χ0) is 22.1. The van der Waals surface area contributed by atoms with Crippen molar-refractivity contribution in [1.82, 2.24) is 0 Å². The summed E-state index contributed by atoms with van der Waals surface area (Å²) in [6.45, 7) is 18.0. The molecule has 0 aliphatic carbocycles. The van der Waals surface area contributed by atoms with Crippen molar-refractivity contribution in [3.05, 3.63) is 76.3 Å². The van der Waals surface area contributed by atoms with Gasteiger partial charge in [-0.15, -0.1) is 0 Å². The SMILES string of the molecule is [C-]#[N+]C(C)(C)Cc1ccc2c[n+](C)c3c(c2c1)Oc1cc(C)cc2cc(C)c(C)c-3c12. The minimum Gasteiger partial charge on any atom is -0.449 e. The molecule has 5 rings (SSSR count). The van der Waals surface area contributed by atoms with Crippen LogP contribution in [0.1, 0.15) is 36.1 Å². The van der Waals surface area contributed by atoms with Crippen LogP contribution in [0.4, 0.5) is 0 Å². The fourth-order valence-electron chi connectivity index (χ4n) is 4.89. The lowest BCUT2D eigenvalue weighted by atomic mass is 9.88. The number of pyridine rings is 1. The molecule has 0 bridgehead atoms. The average molecular weight is 408 g/mol. The van der Waals surface area contributed by atoms with Crippen LogP contribution < -0.4 is 9.30 Å². The van der Waals surface area contributed by atoms with Crippen LogP contribution in [-0.2, 0) is 13.5 Å². The summed E-state index contributed by atoms with van der Waals surface area (Å²) in [6.07, 6.45) is 2.90. The average Bonchev–Trinajstić information content (AvgIpc) is 2.71. The Morgan fingerprint density at radius 1 is 1.03 bits per heavy atom. The third-order valence-electron chi connectivity index (χ3n) is 6.52. The lowest BCUT2D eigenvalue weighted by Crippen LogP contribution is -2.32. The Balaban J connectivity index is 1.86. The molecule has 1 aliphatic rings. The van der Waals surface area contributed by atoms with Gasteiger partial charge in [0.1, 0.15) is 12.8 Å². The maximum Gasteiger partial charge on any atom is 0.257 e. The number of rotatable bonds is 2. The van der Waals surface area contributed by atoms with Crippen molar-refractivity contribution in [1.29, 1.82) is 0 Å². The van der Waals surface area contributed by atoms with E-state index in [-0.39, 0.29) is 0 Å². The lowest BCUT2D eigenvalue weighted by Gasteiger charge is -2.23. The fraction of sp³-hybridized carbons (Fsp3) is 0.286. The van der Waals surface area contributed by atoms with Crippen LogP contribution in [0.2, 0.25) is 0 Å². The van der Waals surface area contributed by atoms with Gasteiger partial charge in [-0.2, -0.15) is 4.57 Å². The van der Waals surface area contributed by atoms with Crippen molar-refractivity contribution < 1.29 is 9.30 Å². The van der Waals surface area contributed by atoms with Gasteiger partial charge in [0.15, 0.2) is 6.20 Å². The van der Waals surface area contributed by atoms with Gasteiger partial charge >= 0.3 is 0 Å². The largest absolute Gasteiger partial charge is 0.449 e. The molecule has 4 aromatic rings. The molecule has 0 spiro atoms. The van der Waals surface area contributed by atoms with Crippen LogP contribution in [0.5, 0.6) is 11.5 Å². The highest BCUT2D eigenvalue weighted by Gasteiger charge is 2.32. The predicted molar refractivity (Wildman–Crippen MR) is 127 cm³/mol. The van der Waals surface area contributed by atoms with Crippen LogP contribution >= 0.6 is 0 Å². The van der Waals surface area contributed by atoms with Gasteiger partial charge in [0.05, 0.1) is 12.0 Å². The molecule has 0 amide bonds. The normalized spacial score (nSPS) is 12.5. The molecule has 1 aromatic heterocycles. The number of fused-ring (bicyclic) bond motifs is 4. The van der Waals surface area contributed by atoms with E-state index in [0.29, 0.717) is 6.42 Å². The molecule has 0 fully saturated rings. The first-order valence-corrected chi connectivity index (χ1v) is 10.8. The van der Waals surface area contributed by atoms with Crippen molar-refractivity contribution in [2.45, 2.75) is 46.6 Å². The van der Waals surface area contributed by atoms with E-state index in [2.05, 4.69) is 79.8 Å². The quantitative estimate of drug-likeness (QED) is 0.234. The van der Waals surface area contributed by atoms with E-state index in [1.54, 1.807) is 0 Å². The summed E-state index contributed by atoms with van der Waals surface area (Å²) in [7, 11) is 2.10. The van der Waals surface area contributed by atoms with E-state index in [9.17, 15) is 0 Å². The molecule has 3 aromatic carbocycles. The number of nitrogens with zero attached hydrogens (tertiary/aromatic N) is 2. The molecule has 0 atom stereocenters. The van der Waals surface area contributed by atoms with Crippen LogP contribution in [0.15, 0.2) is 42.6 Å². The molecule has 31 heavy (non-hydrogen) atoms. The van der Waals surface area contributed by atoms with Crippen molar-refractivity contribution in [2.75, 3.05) is 0 Å². The number of ether oxygens (including phenoxy) is 1. The minimum atomic E-state index is -0.420. The summed E-state index contributed by atoms with van der Waals surface area (Å²) in [5.74, 6) is 1.84. The lowest BCUT2D eigenvalue weighted by molar-refractivity contribution is -0.659. The second kappa shape index (κ2) is 6.56. The fourth-order valence-corrected chi connectivity index (χ4v) is 4.89. The third-order valence-corrected chi connectivity index (χ3v) is 6.52. The molecule has 3 nitrogen and oxygen atoms in total. The molecule has 2 heterocycles. The molecular weight excluding hydrogens is 380 g/mol. The van der Waals surface area contributed by atoms with Gasteiger partial charge < -0.3 is 9.58 Å². The Labute approximate surface area is 183 Å². The summed E-state index contributed by atoms with van der Waals surface area (Å²) in [4.78, 5) is 3.80. The first-order valence-electron chi connectivity index (χ1n) is 10.8. The van der Waals surface area contributed by atoms with Crippen LogP contribution in [0, 0.1) is 27.3 Å². The highest BCUT2D eigenvalue weighted by atomic mass is 16.5. The molecule has 1 aliphatic heterocycles. The number of aromatic nitrogens is 1. The van der Waals surface area contributed by atoms with Crippen molar-refractivity contribution in [2.24, 2.45) is 7.05 Å². The Kier molecular flexibility index (Phi) is 4.14. The molecule has 0 unspecified atom stereocenters. The summed E-state index contributed by atoms with van der Waals surface area (Å²) in [5.41, 5.74) is 6.91. The van der Waals surface area contributed by atoms with Crippen LogP contribution in [0.3, 0.4) is 0 Å².